The van der Waals surface area contributed by atoms with Crippen molar-refractivity contribution < 1.29 is 19.8 Å². The maximum Gasteiger partial charge on any atom is 0.303 e. The Bertz CT molecular complexity index is 1170. The van der Waals surface area contributed by atoms with Gasteiger partial charge in [0.25, 0.3) is 0 Å². The van der Waals surface area contributed by atoms with Crippen LogP contribution in [0.3, 0.4) is 0 Å². The molecule has 1 saturated heterocycles. The van der Waals surface area contributed by atoms with Gasteiger partial charge >= 0.3 is 5.97 Å². The molecule has 1 unspecified atom stereocenters. The second-order valence-corrected chi connectivity index (χ2v) is 8.92. The van der Waals surface area contributed by atoms with E-state index in [9.17, 15) is 14.7 Å². The van der Waals surface area contributed by atoms with E-state index in [4.69, 9.17) is 5.11 Å². The number of carboxylic acid groups (broad SMARTS) is 1. The van der Waals surface area contributed by atoms with Crippen molar-refractivity contribution in [1.82, 2.24) is 9.47 Å². The molecule has 0 bridgehead atoms. The van der Waals surface area contributed by atoms with Gasteiger partial charge in [-0.2, -0.15) is 0 Å². The second kappa shape index (κ2) is 11.2. The first-order valence-corrected chi connectivity index (χ1v) is 12.1. The van der Waals surface area contributed by atoms with Crippen molar-refractivity contribution in [3.05, 3.63) is 78.5 Å². The zero-order valence-electron chi connectivity index (χ0n) is 19.3. The summed E-state index contributed by atoms with van der Waals surface area (Å²) < 4.78 is 2.11. The number of benzene rings is 2. The van der Waals surface area contributed by atoms with E-state index >= 15 is 0 Å². The molecule has 34 heavy (non-hydrogen) atoms. The number of likely N-dealkylation sites (tertiary alicyclic amines) is 1. The molecule has 1 aromatic heterocycles. The van der Waals surface area contributed by atoms with Crippen LogP contribution in [0.1, 0.15) is 56.6 Å². The van der Waals surface area contributed by atoms with E-state index in [1.807, 2.05) is 53.6 Å². The largest absolute Gasteiger partial charge is 0.481 e. The highest BCUT2D eigenvalue weighted by molar-refractivity contribution is 5.82. The summed E-state index contributed by atoms with van der Waals surface area (Å²) in [6.07, 6.45) is 9.84. The summed E-state index contributed by atoms with van der Waals surface area (Å²) in [6.45, 7) is 0.674. The fraction of sp³-hybridized carbons (Fsp3) is 0.357. The van der Waals surface area contributed by atoms with Crippen molar-refractivity contribution in [1.29, 1.82) is 0 Å². The number of hydrogen-bond acceptors (Lipinski definition) is 3. The van der Waals surface area contributed by atoms with E-state index in [-0.39, 0.29) is 18.4 Å². The molecule has 178 valence electrons. The molecule has 1 aliphatic rings. The molecule has 0 aliphatic carbocycles. The summed E-state index contributed by atoms with van der Waals surface area (Å²) in [7, 11) is 0. The summed E-state index contributed by atoms with van der Waals surface area (Å²) in [6, 6.07) is 18.2. The molecule has 0 radical (unpaired) electrons. The van der Waals surface area contributed by atoms with E-state index in [0.717, 1.165) is 42.5 Å². The number of carbonyl (C=O) groups is 2. The fourth-order valence-corrected chi connectivity index (χ4v) is 4.67. The van der Waals surface area contributed by atoms with Crippen LogP contribution in [-0.4, -0.2) is 44.1 Å². The zero-order chi connectivity index (χ0) is 23.9. The summed E-state index contributed by atoms with van der Waals surface area (Å²) >= 11 is 0. The second-order valence-electron chi connectivity index (χ2n) is 8.92. The predicted molar refractivity (Wildman–Crippen MR) is 133 cm³/mol. The van der Waals surface area contributed by atoms with Gasteiger partial charge < -0.3 is 19.7 Å². The number of aliphatic carboxylic acids is 1. The summed E-state index contributed by atoms with van der Waals surface area (Å²) in [5, 5.41) is 20.7. The smallest absolute Gasteiger partial charge is 0.303 e. The Kier molecular flexibility index (Phi) is 7.80. The SMILES string of the molecule is O=C(O)CCCCCCN1C(=O)CCC1C=C[C@@H](O)c1cccc(-n2ccc3ccccc32)c1. The summed E-state index contributed by atoms with van der Waals surface area (Å²) in [5.74, 6) is -0.609. The minimum Gasteiger partial charge on any atom is -0.481 e. The maximum atomic E-state index is 12.3. The van der Waals surface area contributed by atoms with Crippen LogP contribution in [0.15, 0.2) is 72.9 Å². The van der Waals surface area contributed by atoms with Gasteiger partial charge in [0, 0.05) is 31.3 Å². The number of carboxylic acids is 1. The van der Waals surface area contributed by atoms with E-state index in [1.54, 1.807) is 6.08 Å². The Morgan fingerprint density at radius 3 is 2.74 bits per heavy atom. The highest BCUT2D eigenvalue weighted by atomic mass is 16.4. The van der Waals surface area contributed by atoms with Crippen molar-refractivity contribution in [2.45, 2.75) is 57.1 Å². The third-order valence-electron chi connectivity index (χ3n) is 6.52. The number of aromatic nitrogens is 1. The Balaban J connectivity index is 1.37. The van der Waals surface area contributed by atoms with Crippen LogP contribution < -0.4 is 0 Å². The number of nitrogens with zero attached hydrogens (tertiary/aromatic N) is 2. The normalized spacial score (nSPS) is 17.1. The van der Waals surface area contributed by atoms with Gasteiger partial charge in [-0.3, -0.25) is 9.59 Å². The van der Waals surface area contributed by atoms with Crippen molar-refractivity contribution in [2.24, 2.45) is 0 Å². The molecule has 2 atom stereocenters. The number of rotatable bonds is 11. The Hall–Kier alpha value is -3.38. The molecular formula is C28H32N2O4. The average molecular weight is 461 g/mol. The first-order chi connectivity index (χ1) is 16.5. The number of fused-ring (bicyclic) bond motifs is 1. The van der Waals surface area contributed by atoms with Gasteiger partial charge in [0.05, 0.1) is 17.7 Å². The fourth-order valence-electron chi connectivity index (χ4n) is 4.67. The van der Waals surface area contributed by atoms with Crippen LogP contribution in [0, 0.1) is 0 Å². The third-order valence-corrected chi connectivity index (χ3v) is 6.52. The van der Waals surface area contributed by atoms with Gasteiger partial charge in [0.15, 0.2) is 0 Å². The van der Waals surface area contributed by atoms with Gasteiger partial charge in [0.2, 0.25) is 5.91 Å². The summed E-state index contributed by atoms with van der Waals surface area (Å²) in [5.41, 5.74) is 2.92. The maximum absolute atomic E-state index is 12.3. The molecule has 0 saturated carbocycles. The molecule has 4 rings (SSSR count). The Labute approximate surface area is 200 Å². The van der Waals surface area contributed by atoms with E-state index in [0.29, 0.717) is 19.4 Å². The van der Waals surface area contributed by atoms with Crippen LogP contribution in [-0.2, 0) is 9.59 Å². The van der Waals surface area contributed by atoms with E-state index < -0.39 is 12.1 Å². The molecule has 6 heteroatoms. The molecule has 1 amide bonds. The quantitative estimate of drug-likeness (QED) is 0.303. The van der Waals surface area contributed by atoms with Gasteiger partial charge in [-0.1, -0.05) is 55.3 Å². The van der Waals surface area contributed by atoms with Gasteiger partial charge in [-0.05, 0) is 54.5 Å². The summed E-state index contributed by atoms with van der Waals surface area (Å²) in [4.78, 5) is 24.8. The van der Waals surface area contributed by atoms with Crippen molar-refractivity contribution in [3.8, 4) is 5.69 Å². The lowest BCUT2D eigenvalue weighted by atomic mass is 10.1. The van der Waals surface area contributed by atoms with Crippen molar-refractivity contribution >= 4 is 22.8 Å². The van der Waals surface area contributed by atoms with Crippen LogP contribution >= 0.6 is 0 Å². The molecule has 2 aromatic carbocycles. The first-order valence-electron chi connectivity index (χ1n) is 12.1. The molecule has 1 aliphatic heterocycles. The monoisotopic (exact) mass is 460 g/mol. The molecule has 3 aromatic rings. The number of unbranched alkanes of at least 4 members (excludes halogenated alkanes) is 3. The molecule has 2 heterocycles. The minimum absolute atomic E-state index is 0.00209. The minimum atomic E-state index is -0.759. The van der Waals surface area contributed by atoms with E-state index in [2.05, 4.69) is 22.8 Å². The van der Waals surface area contributed by atoms with Gasteiger partial charge in [-0.15, -0.1) is 0 Å². The molecular weight excluding hydrogens is 428 g/mol. The molecule has 1 fully saturated rings. The number of amides is 1. The zero-order valence-corrected chi connectivity index (χ0v) is 19.3. The van der Waals surface area contributed by atoms with Crippen molar-refractivity contribution in [2.75, 3.05) is 6.54 Å². The van der Waals surface area contributed by atoms with Crippen LogP contribution in [0.5, 0.6) is 0 Å². The average Bonchev–Trinajstić information content (AvgIpc) is 3.43. The molecule has 0 spiro atoms. The predicted octanol–water partition coefficient (Wildman–Crippen LogP) is 5.25. The Morgan fingerprint density at radius 1 is 1.06 bits per heavy atom. The van der Waals surface area contributed by atoms with Gasteiger partial charge in [0.1, 0.15) is 0 Å². The van der Waals surface area contributed by atoms with E-state index in [1.165, 1.54) is 5.39 Å². The lowest BCUT2D eigenvalue weighted by Crippen LogP contribution is -2.32. The standard InChI is InChI=1S/C28H32N2O4/c31-26(15-13-23-14-16-27(32)30(23)18-6-2-1-3-12-28(33)34)22-9-7-10-24(20-22)29-19-17-21-8-4-5-11-25(21)29/h4-5,7-11,13,15,17,19-20,23,26,31H,1-3,6,12,14,16,18H2,(H,33,34)/t23?,26-/m1/s1. The lowest BCUT2D eigenvalue weighted by Gasteiger charge is -2.22. The highest BCUT2D eigenvalue weighted by Crippen LogP contribution is 2.25. The van der Waals surface area contributed by atoms with Crippen LogP contribution in [0.25, 0.3) is 16.6 Å². The third kappa shape index (κ3) is 5.75. The lowest BCUT2D eigenvalue weighted by molar-refractivity contribution is -0.137. The Morgan fingerprint density at radius 2 is 1.88 bits per heavy atom. The topological polar surface area (TPSA) is 82.8 Å². The number of aliphatic hydroxyl groups is 1. The van der Waals surface area contributed by atoms with Crippen LogP contribution in [0.2, 0.25) is 0 Å². The number of aliphatic hydroxyl groups excluding tert-OH is 1. The molecule has 2 N–H and O–H groups in total. The number of hydrogen-bond donors (Lipinski definition) is 2. The number of para-hydroxylation sites is 1. The van der Waals surface area contributed by atoms with Gasteiger partial charge in [-0.25, -0.2) is 0 Å². The highest BCUT2D eigenvalue weighted by Gasteiger charge is 2.28. The molecule has 6 nitrogen and oxygen atoms in total. The van der Waals surface area contributed by atoms with Crippen molar-refractivity contribution in [3.63, 3.8) is 0 Å². The first kappa shape index (κ1) is 23.8. The number of carbonyl (C=O) groups excluding carboxylic acids is 1. The van der Waals surface area contributed by atoms with Crippen LogP contribution in [0.4, 0.5) is 0 Å².